The highest BCUT2D eigenvalue weighted by atomic mass is 16.5. The molecule has 2 heterocycles. The Morgan fingerprint density at radius 1 is 1.80 bits per heavy atom. The predicted molar refractivity (Wildman–Crippen MR) is 54.8 cm³/mol. The molecule has 0 aromatic carbocycles. The first-order chi connectivity index (χ1) is 7.31. The maximum absolute atomic E-state index is 11.2. The van der Waals surface area contributed by atoms with E-state index in [0.717, 1.165) is 13.1 Å². The van der Waals surface area contributed by atoms with Crippen molar-refractivity contribution in [2.24, 2.45) is 0 Å². The van der Waals surface area contributed by atoms with Crippen molar-refractivity contribution in [3.05, 3.63) is 12.3 Å². The standard InChI is InChI=1S/C9H14N4O2/c1-2-15-9(14)12-8-3-4-11-13(8)7-5-10-6-7/h3-4,7,10H,2,5-6H2,1H3,(H,12,14). The lowest BCUT2D eigenvalue weighted by molar-refractivity contribution is 0.167. The Balaban J connectivity index is 2.01. The van der Waals surface area contributed by atoms with Gasteiger partial charge in [0.05, 0.1) is 18.8 Å². The molecule has 1 aromatic heterocycles. The molecule has 0 bridgehead atoms. The van der Waals surface area contributed by atoms with E-state index in [0.29, 0.717) is 18.5 Å². The SMILES string of the molecule is CCOC(=O)Nc1ccnn1C1CNC1. The summed E-state index contributed by atoms with van der Waals surface area (Å²) in [5.74, 6) is 0.681. The third kappa shape index (κ3) is 2.10. The summed E-state index contributed by atoms with van der Waals surface area (Å²) in [6.07, 6.45) is 1.23. The van der Waals surface area contributed by atoms with Gasteiger partial charge in [-0.2, -0.15) is 5.10 Å². The van der Waals surface area contributed by atoms with E-state index in [1.165, 1.54) is 0 Å². The van der Waals surface area contributed by atoms with Gasteiger partial charge >= 0.3 is 6.09 Å². The van der Waals surface area contributed by atoms with Crippen molar-refractivity contribution in [3.63, 3.8) is 0 Å². The van der Waals surface area contributed by atoms with Gasteiger partial charge in [0.2, 0.25) is 0 Å². The summed E-state index contributed by atoms with van der Waals surface area (Å²) in [5.41, 5.74) is 0. The Morgan fingerprint density at radius 3 is 3.20 bits per heavy atom. The summed E-state index contributed by atoms with van der Waals surface area (Å²) in [6, 6.07) is 2.09. The molecule has 0 radical (unpaired) electrons. The van der Waals surface area contributed by atoms with Crippen LogP contribution in [0.1, 0.15) is 13.0 Å². The van der Waals surface area contributed by atoms with E-state index in [4.69, 9.17) is 4.74 Å². The Labute approximate surface area is 87.6 Å². The van der Waals surface area contributed by atoms with Crippen molar-refractivity contribution < 1.29 is 9.53 Å². The van der Waals surface area contributed by atoms with Crippen molar-refractivity contribution in [2.75, 3.05) is 25.0 Å². The van der Waals surface area contributed by atoms with Crippen molar-refractivity contribution in [2.45, 2.75) is 13.0 Å². The highest BCUT2D eigenvalue weighted by molar-refractivity contribution is 5.83. The average Bonchev–Trinajstić information content (AvgIpc) is 2.51. The molecule has 1 aliphatic rings. The summed E-state index contributed by atoms with van der Waals surface area (Å²) in [5, 5.41) is 9.96. The summed E-state index contributed by atoms with van der Waals surface area (Å²) in [4.78, 5) is 11.2. The summed E-state index contributed by atoms with van der Waals surface area (Å²) in [7, 11) is 0. The topological polar surface area (TPSA) is 68.2 Å². The molecule has 1 aromatic rings. The number of ether oxygens (including phenoxy) is 1. The lowest BCUT2D eigenvalue weighted by Crippen LogP contribution is -2.44. The summed E-state index contributed by atoms with van der Waals surface area (Å²) < 4.78 is 6.59. The first-order valence-corrected chi connectivity index (χ1v) is 4.99. The zero-order valence-electron chi connectivity index (χ0n) is 8.56. The van der Waals surface area contributed by atoms with Crippen LogP contribution in [0.2, 0.25) is 0 Å². The maximum Gasteiger partial charge on any atom is 0.412 e. The molecule has 0 atom stereocenters. The van der Waals surface area contributed by atoms with Crippen LogP contribution >= 0.6 is 0 Å². The number of hydrogen-bond donors (Lipinski definition) is 2. The van der Waals surface area contributed by atoms with E-state index in [1.54, 1.807) is 23.9 Å². The Bertz CT molecular complexity index is 346. The predicted octanol–water partition coefficient (Wildman–Crippen LogP) is 0.596. The molecule has 0 spiro atoms. The van der Waals surface area contributed by atoms with Gasteiger partial charge in [-0.15, -0.1) is 0 Å². The van der Waals surface area contributed by atoms with Crippen LogP contribution in [0, 0.1) is 0 Å². The molecule has 6 heteroatoms. The molecule has 1 aliphatic heterocycles. The fraction of sp³-hybridized carbons (Fsp3) is 0.556. The summed E-state index contributed by atoms with van der Waals surface area (Å²) in [6.45, 7) is 3.91. The molecule has 2 rings (SSSR count). The van der Waals surface area contributed by atoms with E-state index in [-0.39, 0.29) is 0 Å². The van der Waals surface area contributed by atoms with Crippen LogP contribution in [0.25, 0.3) is 0 Å². The molecule has 82 valence electrons. The number of aromatic nitrogens is 2. The van der Waals surface area contributed by atoms with Crippen LogP contribution in [-0.4, -0.2) is 35.6 Å². The Kier molecular flexibility index (Phi) is 2.86. The Hall–Kier alpha value is -1.56. The number of carbonyl (C=O) groups excluding carboxylic acids is 1. The second-order valence-electron chi connectivity index (χ2n) is 3.32. The zero-order chi connectivity index (χ0) is 10.7. The molecule has 0 aliphatic carbocycles. The van der Waals surface area contributed by atoms with Crippen LogP contribution < -0.4 is 10.6 Å². The third-order valence-corrected chi connectivity index (χ3v) is 2.28. The maximum atomic E-state index is 11.2. The number of nitrogens with one attached hydrogen (secondary N) is 2. The van der Waals surface area contributed by atoms with Gasteiger partial charge in [0, 0.05) is 19.2 Å². The molecule has 1 amide bonds. The first kappa shape index (κ1) is 9.97. The minimum absolute atomic E-state index is 0.330. The summed E-state index contributed by atoms with van der Waals surface area (Å²) >= 11 is 0. The van der Waals surface area contributed by atoms with Crippen molar-refractivity contribution in [1.29, 1.82) is 0 Å². The molecule has 1 fully saturated rings. The van der Waals surface area contributed by atoms with Crippen LogP contribution in [0.15, 0.2) is 12.3 Å². The fourth-order valence-electron chi connectivity index (χ4n) is 1.42. The minimum atomic E-state index is -0.438. The second-order valence-corrected chi connectivity index (χ2v) is 3.32. The van der Waals surface area contributed by atoms with Gasteiger partial charge in [0.15, 0.2) is 0 Å². The van der Waals surface area contributed by atoms with E-state index in [9.17, 15) is 4.79 Å². The van der Waals surface area contributed by atoms with Gasteiger partial charge in [0.25, 0.3) is 0 Å². The van der Waals surface area contributed by atoms with E-state index < -0.39 is 6.09 Å². The molecule has 15 heavy (non-hydrogen) atoms. The lowest BCUT2D eigenvalue weighted by Gasteiger charge is -2.28. The number of amides is 1. The zero-order valence-corrected chi connectivity index (χ0v) is 8.56. The quantitative estimate of drug-likeness (QED) is 0.766. The number of rotatable bonds is 3. The van der Waals surface area contributed by atoms with Gasteiger partial charge in [-0.3, -0.25) is 5.32 Å². The highest BCUT2D eigenvalue weighted by Crippen LogP contribution is 2.17. The van der Waals surface area contributed by atoms with Gasteiger partial charge in [-0.05, 0) is 6.92 Å². The van der Waals surface area contributed by atoms with E-state index in [1.807, 2.05) is 0 Å². The minimum Gasteiger partial charge on any atom is -0.450 e. The molecule has 1 saturated heterocycles. The van der Waals surface area contributed by atoms with Gasteiger partial charge in [0.1, 0.15) is 5.82 Å². The van der Waals surface area contributed by atoms with E-state index in [2.05, 4.69) is 15.7 Å². The smallest absolute Gasteiger partial charge is 0.412 e. The van der Waals surface area contributed by atoms with Gasteiger partial charge in [-0.1, -0.05) is 0 Å². The van der Waals surface area contributed by atoms with E-state index >= 15 is 0 Å². The second kappa shape index (κ2) is 4.31. The van der Waals surface area contributed by atoms with Crippen molar-refractivity contribution >= 4 is 11.9 Å². The van der Waals surface area contributed by atoms with Crippen LogP contribution in [0.4, 0.5) is 10.6 Å². The first-order valence-electron chi connectivity index (χ1n) is 4.99. The monoisotopic (exact) mass is 210 g/mol. The van der Waals surface area contributed by atoms with Crippen molar-refractivity contribution in [3.8, 4) is 0 Å². The van der Waals surface area contributed by atoms with Gasteiger partial charge < -0.3 is 10.1 Å². The number of hydrogen-bond acceptors (Lipinski definition) is 4. The van der Waals surface area contributed by atoms with Crippen molar-refractivity contribution in [1.82, 2.24) is 15.1 Å². The normalized spacial score (nSPS) is 15.8. The van der Waals surface area contributed by atoms with Crippen LogP contribution in [-0.2, 0) is 4.74 Å². The third-order valence-electron chi connectivity index (χ3n) is 2.28. The number of anilines is 1. The molecular weight excluding hydrogens is 196 g/mol. The number of nitrogens with zero attached hydrogens (tertiary/aromatic N) is 2. The fourth-order valence-corrected chi connectivity index (χ4v) is 1.42. The molecule has 0 unspecified atom stereocenters. The number of carbonyl (C=O) groups is 1. The van der Waals surface area contributed by atoms with Gasteiger partial charge in [-0.25, -0.2) is 9.48 Å². The molecule has 0 saturated carbocycles. The Morgan fingerprint density at radius 2 is 2.60 bits per heavy atom. The largest absolute Gasteiger partial charge is 0.450 e. The van der Waals surface area contributed by atoms with Crippen LogP contribution in [0.3, 0.4) is 0 Å². The molecule has 6 nitrogen and oxygen atoms in total. The molecular formula is C9H14N4O2. The molecule has 2 N–H and O–H groups in total. The lowest BCUT2D eigenvalue weighted by atomic mass is 10.2. The van der Waals surface area contributed by atoms with Crippen LogP contribution in [0.5, 0.6) is 0 Å². The average molecular weight is 210 g/mol. The highest BCUT2D eigenvalue weighted by Gasteiger charge is 2.22.